The van der Waals surface area contributed by atoms with Crippen LogP contribution in [-0.2, 0) is 16.0 Å². The molecule has 2 rings (SSSR count). The number of ether oxygens (including phenoxy) is 1. The minimum absolute atomic E-state index is 0.0163. The highest BCUT2D eigenvalue weighted by atomic mass is 32.1. The largest absolute Gasteiger partial charge is 0.377 e. The topological polar surface area (TPSA) is 82.3 Å². The number of thiazole rings is 1. The standard InChI is InChI=1S/C11H10N2O4S/c1-17-5-8(14)4-7-2-3-9-10(12-6-18-9)11(7)13(15)16/h2-3,6H,4-5H2,1H3. The summed E-state index contributed by atoms with van der Waals surface area (Å²) in [4.78, 5) is 26.1. The number of Topliss-reactive ketones (excluding diaryl/α,β-unsaturated/α-hetero) is 1. The Hall–Kier alpha value is -1.86. The summed E-state index contributed by atoms with van der Waals surface area (Å²) in [7, 11) is 1.41. The molecule has 0 aliphatic rings. The van der Waals surface area contributed by atoms with Gasteiger partial charge in [-0.05, 0) is 6.07 Å². The first-order valence-corrected chi connectivity index (χ1v) is 6.01. The van der Waals surface area contributed by atoms with Crippen molar-refractivity contribution < 1.29 is 14.5 Å². The van der Waals surface area contributed by atoms with Crippen LogP contribution in [0.5, 0.6) is 0 Å². The number of nitrogens with zero attached hydrogens (tertiary/aromatic N) is 2. The van der Waals surface area contributed by atoms with E-state index in [1.54, 1.807) is 17.6 Å². The zero-order chi connectivity index (χ0) is 13.1. The van der Waals surface area contributed by atoms with Crippen molar-refractivity contribution >= 4 is 33.0 Å². The number of benzene rings is 1. The van der Waals surface area contributed by atoms with Crippen LogP contribution in [-0.4, -0.2) is 29.4 Å². The zero-order valence-electron chi connectivity index (χ0n) is 9.58. The van der Waals surface area contributed by atoms with E-state index >= 15 is 0 Å². The monoisotopic (exact) mass is 266 g/mol. The van der Waals surface area contributed by atoms with Crippen molar-refractivity contribution in [1.29, 1.82) is 0 Å². The number of ketones is 1. The maximum Gasteiger partial charge on any atom is 0.299 e. The number of fused-ring (bicyclic) bond motifs is 1. The SMILES string of the molecule is COCC(=O)Cc1ccc2scnc2c1[N+](=O)[O-]. The molecule has 0 saturated carbocycles. The Bertz CT molecular complexity index is 608. The van der Waals surface area contributed by atoms with E-state index in [9.17, 15) is 14.9 Å². The Balaban J connectivity index is 2.46. The Morgan fingerprint density at radius 1 is 1.56 bits per heavy atom. The van der Waals surface area contributed by atoms with Gasteiger partial charge < -0.3 is 4.74 Å². The van der Waals surface area contributed by atoms with Crippen LogP contribution in [0.1, 0.15) is 5.56 Å². The van der Waals surface area contributed by atoms with Gasteiger partial charge in [-0.1, -0.05) is 6.07 Å². The van der Waals surface area contributed by atoms with Crippen LogP contribution in [0.15, 0.2) is 17.6 Å². The summed E-state index contributed by atoms with van der Waals surface area (Å²) in [5.41, 5.74) is 2.18. The van der Waals surface area contributed by atoms with Crippen molar-refractivity contribution in [3.8, 4) is 0 Å². The van der Waals surface area contributed by atoms with Gasteiger partial charge in [0.05, 0.1) is 15.1 Å². The van der Waals surface area contributed by atoms with Gasteiger partial charge in [0.1, 0.15) is 6.61 Å². The number of carbonyl (C=O) groups is 1. The van der Waals surface area contributed by atoms with Gasteiger partial charge in [0.15, 0.2) is 11.3 Å². The normalized spacial score (nSPS) is 10.7. The third kappa shape index (κ3) is 2.36. The summed E-state index contributed by atoms with van der Waals surface area (Å²) < 4.78 is 5.46. The average Bonchev–Trinajstić information content (AvgIpc) is 2.76. The number of hydrogen-bond donors (Lipinski definition) is 0. The molecule has 94 valence electrons. The Morgan fingerprint density at radius 3 is 3.00 bits per heavy atom. The average molecular weight is 266 g/mol. The molecule has 0 spiro atoms. The molecule has 0 unspecified atom stereocenters. The van der Waals surface area contributed by atoms with Gasteiger partial charge in [-0.25, -0.2) is 4.98 Å². The predicted molar refractivity (Wildman–Crippen MR) is 66.9 cm³/mol. The van der Waals surface area contributed by atoms with Crippen molar-refractivity contribution in [3.63, 3.8) is 0 Å². The molecule has 1 heterocycles. The Labute approximate surface area is 106 Å². The number of nitro benzene ring substituents is 1. The van der Waals surface area contributed by atoms with Gasteiger partial charge >= 0.3 is 0 Å². The molecule has 0 amide bonds. The second kappa shape index (κ2) is 5.19. The molecule has 1 aromatic carbocycles. The van der Waals surface area contributed by atoms with Crippen molar-refractivity contribution in [2.45, 2.75) is 6.42 Å². The second-order valence-corrected chi connectivity index (χ2v) is 4.56. The molecular formula is C11H10N2O4S. The Morgan fingerprint density at radius 2 is 2.33 bits per heavy atom. The Kier molecular flexibility index (Phi) is 3.63. The maximum absolute atomic E-state index is 11.5. The van der Waals surface area contributed by atoms with Gasteiger partial charge in [0, 0.05) is 19.1 Å². The first-order chi connectivity index (χ1) is 8.63. The third-order valence-electron chi connectivity index (χ3n) is 2.43. The maximum atomic E-state index is 11.5. The van der Waals surface area contributed by atoms with Gasteiger partial charge in [0.2, 0.25) is 0 Å². The van der Waals surface area contributed by atoms with Crippen LogP contribution < -0.4 is 0 Å². The van der Waals surface area contributed by atoms with Crippen molar-refractivity contribution in [2.75, 3.05) is 13.7 Å². The van der Waals surface area contributed by atoms with E-state index in [0.717, 1.165) is 4.70 Å². The fourth-order valence-corrected chi connectivity index (χ4v) is 2.41. The number of hydrogen-bond acceptors (Lipinski definition) is 6. The van der Waals surface area contributed by atoms with Gasteiger partial charge in [-0.15, -0.1) is 11.3 Å². The lowest BCUT2D eigenvalue weighted by molar-refractivity contribution is -0.383. The molecule has 0 aliphatic heterocycles. The highest BCUT2D eigenvalue weighted by Gasteiger charge is 2.21. The van der Waals surface area contributed by atoms with E-state index < -0.39 is 4.92 Å². The molecule has 2 aromatic rings. The fraction of sp³-hybridized carbons (Fsp3) is 0.273. The molecule has 0 bridgehead atoms. The summed E-state index contributed by atoms with van der Waals surface area (Å²) in [6.07, 6.45) is -0.0163. The summed E-state index contributed by atoms with van der Waals surface area (Å²) in [5, 5.41) is 11.1. The van der Waals surface area contributed by atoms with E-state index in [-0.39, 0.29) is 24.5 Å². The van der Waals surface area contributed by atoms with E-state index in [1.165, 1.54) is 18.4 Å². The molecular weight excluding hydrogens is 256 g/mol. The van der Waals surface area contributed by atoms with Gasteiger partial charge in [0.25, 0.3) is 5.69 Å². The lowest BCUT2D eigenvalue weighted by Gasteiger charge is -2.02. The van der Waals surface area contributed by atoms with Crippen molar-refractivity contribution in [2.24, 2.45) is 0 Å². The third-order valence-corrected chi connectivity index (χ3v) is 3.23. The first kappa shape index (κ1) is 12.6. The van der Waals surface area contributed by atoms with Crippen LogP contribution in [0.2, 0.25) is 0 Å². The molecule has 6 nitrogen and oxygen atoms in total. The molecule has 1 aromatic heterocycles. The van der Waals surface area contributed by atoms with Crippen molar-refractivity contribution in [3.05, 3.63) is 33.3 Å². The van der Waals surface area contributed by atoms with Crippen LogP contribution >= 0.6 is 11.3 Å². The molecule has 0 N–H and O–H groups in total. The van der Waals surface area contributed by atoms with E-state index in [0.29, 0.717) is 11.1 Å². The lowest BCUT2D eigenvalue weighted by Crippen LogP contribution is -2.11. The van der Waals surface area contributed by atoms with E-state index in [2.05, 4.69) is 4.98 Å². The molecule has 0 radical (unpaired) electrons. The fourth-order valence-electron chi connectivity index (χ4n) is 1.73. The van der Waals surface area contributed by atoms with Gasteiger partial charge in [-0.2, -0.15) is 0 Å². The van der Waals surface area contributed by atoms with E-state index in [1.807, 2.05) is 0 Å². The van der Waals surface area contributed by atoms with Gasteiger partial charge in [-0.3, -0.25) is 14.9 Å². The van der Waals surface area contributed by atoms with Crippen LogP contribution in [0.25, 0.3) is 10.2 Å². The van der Waals surface area contributed by atoms with Crippen molar-refractivity contribution in [1.82, 2.24) is 4.98 Å². The molecule has 0 atom stereocenters. The highest BCUT2D eigenvalue weighted by molar-refractivity contribution is 7.16. The molecule has 0 fully saturated rings. The summed E-state index contributed by atoms with van der Waals surface area (Å²) in [6, 6.07) is 3.35. The number of aromatic nitrogens is 1. The quantitative estimate of drug-likeness (QED) is 0.610. The predicted octanol–water partition coefficient (Wildman–Crippen LogP) is 1.96. The minimum Gasteiger partial charge on any atom is -0.377 e. The van der Waals surface area contributed by atoms with Crippen LogP contribution in [0, 0.1) is 10.1 Å². The highest BCUT2D eigenvalue weighted by Crippen LogP contribution is 2.31. The smallest absolute Gasteiger partial charge is 0.299 e. The molecule has 0 saturated heterocycles. The number of nitro groups is 1. The van der Waals surface area contributed by atoms with Crippen LogP contribution in [0.3, 0.4) is 0 Å². The molecule has 0 aliphatic carbocycles. The summed E-state index contributed by atoms with van der Waals surface area (Å²) in [6.45, 7) is -0.0493. The second-order valence-electron chi connectivity index (χ2n) is 3.68. The molecule has 18 heavy (non-hydrogen) atoms. The van der Waals surface area contributed by atoms with Crippen LogP contribution in [0.4, 0.5) is 5.69 Å². The minimum atomic E-state index is -0.489. The lowest BCUT2D eigenvalue weighted by atomic mass is 10.1. The first-order valence-electron chi connectivity index (χ1n) is 5.13. The zero-order valence-corrected chi connectivity index (χ0v) is 10.4. The molecule has 7 heteroatoms. The number of rotatable bonds is 5. The number of carbonyl (C=O) groups excluding carboxylic acids is 1. The number of methoxy groups -OCH3 is 1. The summed E-state index contributed by atoms with van der Waals surface area (Å²) >= 11 is 1.33. The summed E-state index contributed by atoms with van der Waals surface area (Å²) in [5.74, 6) is -0.199. The van der Waals surface area contributed by atoms with E-state index in [4.69, 9.17) is 4.74 Å².